The van der Waals surface area contributed by atoms with Crippen LogP contribution in [0.1, 0.15) is 18.4 Å². The molecule has 7 nitrogen and oxygen atoms in total. The summed E-state index contributed by atoms with van der Waals surface area (Å²) in [5, 5.41) is 5.09. The summed E-state index contributed by atoms with van der Waals surface area (Å²) >= 11 is 0. The molecule has 0 bridgehead atoms. The van der Waals surface area contributed by atoms with Crippen LogP contribution in [0.2, 0.25) is 0 Å². The number of hydrogen-bond donors (Lipinski definition) is 1. The van der Waals surface area contributed by atoms with E-state index in [0.717, 1.165) is 0 Å². The molecule has 0 saturated heterocycles. The first-order valence-corrected chi connectivity index (χ1v) is 7.86. The summed E-state index contributed by atoms with van der Waals surface area (Å²) in [6, 6.07) is 4.18. The van der Waals surface area contributed by atoms with Gasteiger partial charge in [-0.3, -0.25) is 4.79 Å². The maximum atomic E-state index is 12.1. The van der Waals surface area contributed by atoms with Gasteiger partial charge >= 0.3 is 5.97 Å². The summed E-state index contributed by atoms with van der Waals surface area (Å²) in [5.74, 6) is -0.686. The van der Waals surface area contributed by atoms with E-state index in [1.54, 1.807) is 6.92 Å². The predicted octanol–water partition coefficient (Wildman–Crippen LogP) is 0.388. The Kier molecular flexibility index (Phi) is 4.50. The number of methoxy groups -OCH3 is 1. The highest BCUT2D eigenvalue weighted by molar-refractivity contribution is 7.89. The van der Waals surface area contributed by atoms with Crippen molar-refractivity contribution < 1.29 is 27.4 Å². The third-order valence-electron chi connectivity index (χ3n) is 3.09. The molecule has 1 aromatic carbocycles. The normalized spacial score (nSPS) is 18.7. The van der Waals surface area contributed by atoms with Crippen LogP contribution in [0.4, 0.5) is 0 Å². The number of hydrogen-bond acceptors (Lipinski definition) is 6. The molecule has 0 radical (unpaired) electrons. The topological polar surface area (TPSA) is 105 Å². The van der Waals surface area contributed by atoms with Crippen molar-refractivity contribution >= 4 is 16.0 Å². The Morgan fingerprint density at radius 2 is 2.24 bits per heavy atom. The quantitative estimate of drug-likeness (QED) is 0.788. The highest BCUT2D eigenvalue weighted by Gasteiger charge is 2.33. The highest BCUT2D eigenvalue weighted by atomic mass is 32.2. The summed E-state index contributed by atoms with van der Waals surface area (Å²) in [5.41, 5.74) is 0.469. The van der Waals surface area contributed by atoms with Crippen LogP contribution in [0.25, 0.3) is 0 Å². The molecular formula is C13H17NO6S. The number of sulfonamides is 1. The van der Waals surface area contributed by atoms with Crippen molar-refractivity contribution in [2.24, 2.45) is 5.14 Å². The molecule has 0 fully saturated rings. The zero-order chi connectivity index (χ0) is 15.6. The average Bonchev–Trinajstić information content (AvgIpc) is 2.80. The van der Waals surface area contributed by atoms with Gasteiger partial charge in [-0.15, -0.1) is 0 Å². The Bertz CT molecular complexity index is 642. The number of carbonyl (C=O) groups excluding carboxylic acids is 1. The second kappa shape index (κ2) is 6.00. The van der Waals surface area contributed by atoms with Crippen molar-refractivity contribution in [3.05, 3.63) is 23.8 Å². The van der Waals surface area contributed by atoms with E-state index in [4.69, 9.17) is 19.3 Å². The lowest BCUT2D eigenvalue weighted by Gasteiger charge is -2.15. The lowest BCUT2D eigenvalue weighted by atomic mass is 10.0. The van der Waals surface area contributed by atoms with Crippen LogP contribution in [-0.2, 0) is 24.3 Å². The van der Waals surface area contributed by atoms with Gasteiger partial charge in [-0.2, -0.15) is 0 Å². The van der Waals surface area contributed by atoms with Gasteiger partial charge in [0.1, 0.15) is 24.4 Å². The lowest BCUT2D eigenvalue weighted by Crippen LogP contribution is -2.25. The maximum Gasteiger partial charge on any atom is 0.317 e. The molecule has 0 saturated carbocycles. The van der Waals surface area contributed by atoms with Gasteiger partial charge < -0.3 is 14.2 Å². The number of carbonyl (C=O) groups is 1. The van der Waals surface area contributed by atoms with E-state index >= 15 is 0 Å². The fraction of sp³-hybridized carbons (Fsp3) is 0.462. The fourth-order valence-corrected chi connectivity index (χ4v) is 2.66. The summed E-state index contributed by atoms with van der Waals surface area (Å²) in [6.07, 6.45) is -0.395. The molecular weight excluding hydrogens is 298 g/mol. The molecule has 2 atom stereocenters. The Hall–Kier alpha value is -1.64. The van der Waals surface area contributed by atoms with Gasteiger partial charge in [-0.25, -0.2) is 13.6 Å². The molecule has 8 heteroatoms. The zero-order valence-corrected chi connectivity index (χ0v) is 12.6. The number of primary sulfonamides is 1. The Morgan fingerprint density at radius 3 is 2.86 bits per heavy atom. The number of esters is 1. The van der Waals surface area contributed by atoms with Crippen molar-refractivity contribution in [3.63, 3.8) is 0 Å². The molecule has 1 aliphatic heterocycles. The van der Waals surface area contributed by atoms with Crippen LogP contribution in [0, 0.1) is 0 Å². The van der Waals surface area contributed by atoms with Gasteiger partial charge in [0.05, 0.1) is 11.5 Å². The van der Waals surface area contributed by atoms with Crippen molar-refractivity contribution in [1.29, 1.82) is 0 Å². The first kappa shape index (κ1) is 15.7. The van der Waals surface area contributed by atoms with E-state index in [1.165, 1.54) is 25.3 Å². The molecule has 2 rings (SSSR count). The van der Waals surface area contributed by atoms with E-state index in [0.29, 0.717) is 11.3 Å². The first-order valence-electron chi connectivity index (χ1n) is 6.32. The Labute approximate surface area is 123 Å². The van der Waals surface area contributed by atoms with E-state index < -0.39 is 28.0 Å². The number of rotatable bonds is 5. The van der Waals surface area contributed by atoms with Crippen molar-refractivity contribution in [1.82, 2.24) is 0 Å². The lowest BCUT2D eigenvalue weighted by molar-refractivity contribution is -0.152. The van der Waals surface area contributed by atoms with Gasteiger partial charge in [-0.05, 0) is 25.1 Å². The van der Waals surface area contributed by atoms with E-state index in [2.05, 4.69) is 0 Å². The monoisotopic (exact) mass is 315 g/mol. The van der Waals surface area contributed by atoms with Gasteiger partial charge in [-0.1, -0.05) is 0 Å². The SMILES string of the molecule is COCC(C)OC(=O)C1COc2ccc(S(N)(=O)=O)cc21. The van der Waals surface area contributed by atoms with Gasteiger partial charge in [0.15, 0.2) is 0 Å². The molecule has 21 heavy (non-hydrogen) atoms. The molecule has 0 spiro atoms. The van der Waals surface area contributed by atoms with Crippen molar-refractivity contribution in [2.75, 3.05) is 20.3 Å². The van der Waals surface area contributed by atoms with Crippen LogP contribution in [0.3, 0.4) is 0 Å². The van der Waals surface area contributed by atoms with E-state index in [9.17, 15) is 13.2 Å². The number of fused-ring (bicyclic) bond motifs is 1. The maximum absolute atomic E-state index is 12.1. The molecule has 0 aliphatic carbocycles. The van der Waals surface area contributed by atoms with Crippen molar-refractivity contribution in [2.45, 2.75) is 23.8 Å². The second-order valence-corrected chi connectivity index (χ2v) is 6.37. The van der Waals surface area contributed by atoms with Gasteiger partial charge in [0, 0.05) is 12.7 Å². The molecule has 1 aliphatic rings. The third-order valence-corrected chi connectivity index (χ3v) is 4.00. The van der Waals surface area contributed by atoms with Crippen LogP contribution in [0.15, 0.2) is 23.1 Å². The summed E-state index contributed by atoms with van der Waals surface area (Å²) in [6.45, 7) is 2.10. The van der Waals surface area contributed by atoms with Gasteiger partial charge in [0.25, 0.3) is 0 Å². The number of ether oxygens (including phenoxy) is 3. The molecule has 1 heterocycles. The average molecular weight is 315 g/mol. The Balaban J connectivity index is 2.22. The number of nitrogens with two attached hydrogens (primary N) is 1. The predicted molar refractivity (Wildman–Crippen MR) is 73.5 cm³/mol. The first-order chi connectivity index (χ1) is 9.82. The molecule has 2 N–H and O–H groups in total. The molecule has 1 aromatic rings. The van der Waals surface area contributed by atoms with Crippen molar-refractivity contribution in [3.8, 4) is 5.75 Å². The van der Waals surface area contributed by atoms with Crippen LogP contribution in [0.5, 0.6) is 5.75 Å². The smallest absolute Gasteiger partial charge is 0.317 e. The molecule has 0 aromatic heterocycles. The van der Waals surface area contributed by atoms with E-state index in [1.807, 2.05) is 0 Å². The molecule has 2 unspecified atom stereocenters. The highest BCUT2D eigenvalue weighted by Crippen LogP contribution is 2.36. The molecule has 0 amide bonds. The Morgan fingerprint density at radius 1 is 1.52 bits per heavy atom. The fourth-order valence-electron chi connectivity index (χ4n) is 2.11. The van der Waals surface area contributed by atoms with Crippen LogP contribution < -0.4 is 9.88 Å². The summed E-state index contributed by atoms with van der Waals surface area (Å²) in [7, 11) is -2.32. The second-order valence-electron chi connectivity index (χ2n) is 4.81. The van der Waals surface area contributed by atoms with Crippen LogP contribution in [-0.4, -0.2) is 40.8 Å². The summed E-state index contributed by atoms with van der Waals surface area (Å²) in [4.78, 5) is 12.1. The van der Waals surface area contributed by atoms with E-state index in [-0.39, 0.29) is 18.1 Å². The number of benzene rings is 1. The van der Waals surface area contributed by atoms with Gasteiger partial charge in [0.2, 0.25) is 10.0 Å². The zero-order valence-electron chi connectivity index (χ0n) is 11.7. The summed E-state index contributed by atoms with van der Waals surface area (Å²) < 4.78 is 38.3. The minimum absolute atomic E-state index is 0.0607. The standard InChI is InChI=1S/C13H17NO6S/c1-8(6-18-2)20-13(15)11-7-19-12-4-3-9(5-10(11)12)21(14,16)17/h3-5,8,11H,6-7H2,1-2H3,(H2,14,16,17). The largest absolute Gasteiger partial charge is 0.492 e. The minimum Gasteiger partial charge on any atom is -0.492 e. The molecule has 116 valence electrons. The minimum atomic E-state index is -3.83. The van der Waals surface area contributed by atoms with Crippen LogP contribution >= 0.6 is 0 Å². The third kappa shape index (κ3) is 3.52.